The lowest BCUT2D eigenvalue weighted by atomic mass is 10.3. The van der Waals surface area contributed by atoms with Gasteiger partial charge in [0, 0.05) is 23.6 Å². The summed E-state index contributed by atoms with van der Waals surface area (Å²) in [5, 5.41) is 5.39. The van der Waals surface area contributed by atoms with Crippen molar-refractivity contribution >= 4 is 44.5 Å². The van der Waals surface area contributed by atoms with Crippen LogP contribution in [0.25, 0.3) is 10.6 Å². The van der Waals surface area contributed by atoms with E-state index in [-0.39, 0.29) is 23.2 Å². The number of carbonyl (C=O) groups is 1. The fraction of sp³-hybridized carbons (Fsp3) is 0.176. The van der Waals surface area contributed by atoms with Crippen LogP contribution in [-0.2, 0) is 27.9 Å². The second-order valence-electron chi connectivity index (χ2n) is 5.90. The highest BCUT2D eigenvalue weighted by molar-refractivity contribution is 7.91. The van der Waals surface area contributed by atoms with Crippen LogP contribution in [0.3, 0.4) is 0 Å². The Bertz CT molecular complexity index is 1120. The van der Waals surface area contributed by atoms with Crippen molar-refractivity contribution in [1.82, 2.24) is 9.29 Å². The van der Waals surface area contributed by atoms with Gasteiger partial charge in [-0.15, -0.1) is 22.7 Å². The zero-order valence-corrected chi connectivity index (χ0v) is 16.7. The van der Waals surface area contributed by atoms with Gasteiger partial charge in [-0.25, -0.2) is 13.4 Å². The molecule has 140 valence electrons. The Hall–Kier alpha value is -2.27. The molecule has 0 spiro atoms. The number of carbonyl (C=O) groups excluding carboxylic acids is 1. The zero-order chi connectivity index (χ0) is 19.2. The Labute approximate surface area is 164 Å². The third kappa shape index (κ3) is 3.36. The number of anilines is 1. The van der Waals surface area contributed by atoms with Gasteiger partial charge in [0.1, 0.15) is 9.97 Å². The molecule has 1 amide bonds. The van der Waals surface area contributed by atoms with Crippen LogP contribution in [0.1, 0.15) is 16.3 Å². The molecule has 0 atom stereocenters. The van der Waals surface area contributed by atoms with E-state index in [0.29, 0.717) is 11.6 Å². The Balaban J connectivity index is 1.53. The number of hydrogen-bond acceptors (Lipinski definition) is 7. The number of nitrogens with zero attached hydrogens (tertiary/aromatic N) is 2. The predicted molar refractivity (Wildman–Crippen MR) is 104 cm³/mol. The van der Waals surface area contributed by atoms with Gasteiger partial charge in [0.25, 0.3) is 10.0 Å². The molecule has 7 nitrogen and oxygen atoms in total. The van der Waals surface area contributed by atoms with Gasteiger partial charge in [-0.1, -0.05) is 6.58 Å². The SMILES string of the molecule is C=CC(=O)Nc1cc2c(o1)CN(S(=O)(=O)c1ccc(-c3csc(C)n3)s1)C2. The molecule has 0 saturated carbocycles. The second-order valence-corrected chi connectivity index (χ2v) is 10.2. The van der Waals surface area contributed by atoms with Gasteiger partial charge in [0.2, 0.25) is 5.91 Å². The molecule has 27 heavy (non-hydrogen) atoms. The molecule has 0 bridgehead atoms. The minimum absolute atomic E-state index is 0.130. The van der Waals surface area contributed by atoms with Crippen molar-refractivity contribution in [1.29, 1.82) is 0 Å². The van der Waals surface area contributed by atoms with Crippen LogP contribution >= 0.6 is 22.7 Å². The lowest BCUT2D eigenvalue weighted by Gasteiger charge is -2.14. The summed E-state index contributed by atoms with van der Waals surface area (Å²) in [6.07, 6.45) is 1.14. The maximum absolute atomic E-state index is 13.0. The average Bonchev–Trinajstić information content (AvgIpc) is 3.36. The van der Waals surface area contributed by atoms with Gasteiger partial charge < -0.3 is 4.42 Å². The third-order valence-corrected chi connectivity index (χ3v) is 8.18. The zero-order valence-electron chi connectivity index (χ0n) is 14.3. The summed E-state index contributed by atoms with van der Waals surface area (Å²) < 4.78 is 33.1. The summed E-state index contributed by atoms with van der Waals surface area (Å²) >= 11 is 2.73. The van der Waals surface area contributed by atoms with Crippen LogP contribution in [0, 0.1) is 6.92 Å². The number of thiazole rings is 1. The van der Waals surface area contributed by atoms with E-state index >= 15 is 0 Å². The number of aryl methyl sites for hydroxylation is 1. The Morgan fingerprint density at radius 3 is 2.89 bits per heavy atom. The number of sulfonamides is 1. The molecule has 0 unspecified atom stereocenters. The van der Waals surface area contributed by atoms with E-state index in [2.05, 4.69) is 16.9 Å². The van der Waals surface area contributed by atoms with E-state index in [4.69, 9.17) is 4.42 Å². The van der Waals surface area contributed by atoms with Gasteiger partial charge in [-0.3, -0.25) is 10.1 Å². The molecule has 0 saturated heterocycles. The Morgan fingerprint density at radius 1 is 1.41 bits per heavy atom. The van der Waals surface area contributed by atoms with Crippen molar-refractivity contribution in [3.63, 3.8) is 0 Å². The highest BCUT2D eigenvalue weighted by Crippen LogP contribution is 2.37. The van der Waals surface area contributed by atoms with Gasteiger partial charge in [-0.05, 0) is 25.1 Å². The van der Waals surface area contributed by atoms with Crippen molar-refractivity contribution in [3.05, 3.63) is 52.6 Å². The van der Waals surface area contributed by atoms with E-state index < -0.39 is 10.0 Å². The molecular weight excluding hydrogens is 406 g/mol. The summed E-state index contributed by atoms with van der Waals surface area (Å²) in [7, 11) is -3.63. The first-order valence-electron chi connectivity index (χ1n) is 7.94. The molecular formula is C17H15N3O4S3. The van der Waals surface area contributed by atoms with E-state index in [1.165, 1.54) is 27.0 Å². The summed E-state index contributed by atoms with van der Waals surface area (Å²) in [6.45, 7) is 5.62. The maximum atomic E-state index is 13.0. The standard InChI is InChI=1S/C17H15N3O4S3/c1-3-15(21)19-16-6-11-7-20(8-13(11)24-16)27(22,23)17-5-4-14(26-17)12-9-25-10(2)18-12/h3-6,9H,1,7-8H2,2H3,(H,19,21). The third-order valence-electron chi connectivity index (χ3n) is 4.04. The van der Waals surface area contributed by atoms with Crippen LogP contribution < -0.4 is 5.32 Å². The number of hydrogen-bond donors (Lipinski definition) is 1. The Kier molecular flexibility index (Phi) is 4.50. The summed E-state index contributed by atoms with van der Waals surface area (Å²) in [5.41, 5.74) is 1.53. The summed E-state index contributed by atoms with van der Waals surface area (Å²) in [5.74, 6) is 0.444. The molecule has 4 rings (SSSR count). The lowest BCUT2D eigenvalue weighted by Crippen LogP contribution is -2.25. The highest BCUT2D eigenvalue weighted by Gasteiger charge is 2.34. The smallest absolute Gasteiger partial charge is 0.253 e. The minimum atomic E-state index is -3.63. The molecule has 0 aromatic carbocycles. The van der Waals surface area contributed by atoms with Gasteiger partial charge in [-0.2, -0.15) is 4.31 Å². The van der Waals surface area contributed by atoms with E-state index in [9.17, 15) is 13.2 Å². The number of nitrogens with one attached hydrogen (secondary N) is 1. The minimum Gasteiger partial charge on any atom is -0.444 e. The first-order valence-corrected chi connectivity index (χ1v) is 11.1. The van der Waals surface area contributed by atoms with Crippen LogP contribution in [0.5, 0.6) is 0 Å². The fourth-order valence-corrected chi connectivity index (χ4v) is 6.23. The molecule has 1 N–H and O–H groups in total. The van der Waals surface area contributed by atoms with Crippen molar-refractivity contribution in [2.24, 2.45) is 0 Å². The molecule has 3 aromatic rings. The molecule has 1 aliphatic heterocycles. The number of thiophene rings is 1. The van der Waals surface area contributed by atoms with Crippen LogP contribution in [0.4, 0.5) is 5.88 Å². The van der Waals surface area contributed by atoms with Crippen LogP contribution in [0.15, 0.2) is 44.9 Å². The normalized spacial score (nSPS) is 14.3. The lowest BCUT2D eigenvalue weighted by molar-refractivity contribution is -0.112. The molecule has 0 radical (unpaired) electrons. The fourth-order valence-electron chi connectivity index (χ4n) is 2.74. The van der Waals surface area contributed by atoms with Crippen molar-refractivity contribution in [3.8, 4) is 10.6 Å². The van der Waals surface area contributed by atoms with Gasteiger partial charge >= 0.3 is 0 Å². The van der Waals surface area contributed by atoms with Gasteiger partial charge in [0.05, 0.1) is 22.1 Å². The van der Waals surface area contributed by atoms with Gasteiger partial charge in [0.15, 0.2) is 5.88 Å². The van der Waals surface area contributed by atoms with Crippen molar-refractivity contribution in [2.45, 2.75) is 24.2 Å². The van der Waals surface area contributed by atoms with E-state index in [1.54, 1.807) is 18.2 Å². The number of aromatic nitrogens is 1. The second kappa shape index (κ2) is 6.71. The first kappa shape index (κ1) is 18.1. The van der Waals surface area contributed by atoms with Crippen molar-refractivity contribution < 1.29 is 17.6 Å². The average molecular weight is 422 g/mol. The topological polar surface area (TPSA) is 92.5 Å². The predicted octanol–water partition coefficient (Wildman–Crippen LogP) is 3.60. The maximum Gasteiger partial charge on any atom is 0.253 e. The molecule has 0 fully saturated rings. The number of amides is 1. The van der Waals surface area contributed by atoms with E-state index in [1.807, 2.05) is 12.3 Å². The number of fused-ring (bicyclic) bond motifs is 1. The Morgan fingerprint density at radius 2 is 2.22 bits per heavy atom. The summed E-state index contributed by atoms with van der Waals surface area (Å²) in [4.78, 5) is 16.6. The highest BCUT2D eigenvalue weighted by atomic mass is 32.2. The first-order chi connectivity index (χ1) is 12.9. The van der Waals surface area contributed by atoms with Crippen LogP contribution in [0.2, 0.25) is 0 Å². The summed E-state index contributed by atoms with van der Waals surface area (Å²) in [6, 6.07) is 5.03. The van der Waals surface area contributed by atoms with Crippen molar-refractivity contribution in [2.75, 3.05) is 5.32 Å². The van der Waals surface area contributed by atoms with Crippen LogP contribution in [-0.4, -0.2) is 23.6 Å². The number of furan rings is 1. The quantitative estimate of drug-likeness (QED) is 0.636. The largest absolute Gasteiger partial charge is 0.444 e. The molecule has 0 aliphatic carbocycles. The monoisotopic (exact) mass is 421 g/mol. The van der Waals surface area contributed by atoms with E-state index in [0.717, 1.165) is 27.2 Å². The number of rotatable bonds is 5. The molecule has 4 heterocycles. The molecule has 1 aliphatic rings. The molecule has 3 aromatic heterocycles. The molecule has 10 heteroatoms.